The summed E-state index contributed by atoms with van der Waals surface area (Å²) < 4.78 is 13.8. The van der Waals surface area contributed by atoms with Crippen LogP contribution in [0, 0.1) is 12.7 Å². The van der Waals surface area contributed by atoms with Crippen molar-refractivity contribution in [2.75, 3.05) is 10.6 Å². The molecule has 0 bridgehead atoms. The molecule has 0 radical (unpaired) electrons. The van der Waals surface area contributed by atoms with Gasteiger partial charge in [0.15, 0.2) is 5.82 Å². The van der Waals surface area contributed by atoms with E-state index in [2.05, 4.69) is 35.8 Å². The summed E-state index contributed by atoms with van der Waals surface area (Å²) in [5, 5.41) is 21.7. The van der Waals surface area contributed by atoms with Crippen LogP contribution in [0.1, 0.15) is 35.7 Å². The number of fused-ring (bicyclic) bond motifs is 1. The molecule has 1 fully saturated rings. The predicted octanol–water partition coefficient (Wildman–Crippen LogP) is 4.06. The fraction of sp³-hybridized carbons (Fsp3) is 0.238. The molecule has 0 atom stereocenters. The SMILES string of the molecule is Cc1cc(Nc2cc(C3CC3)[nH]n2)nc(NCc2cc(F)cc3[nH]ccc23)n1.O=CO. The van der Waals surface area contributed by atoms with E-state index in [-0.39, 0.29) is 12.3 Å². The molecule has 160 valence electrons. The average molecular weight is 423 g/mol. The first-order valence-corrected chi connectivity index (χ1v) is 9.81. The molecule has 0 aliphatic heterocycles. The number of carbonyl (C=O) groups is 1. The van der Waals surface area contributed by atoms with Gasteiger partial charge in [0.1, 0.15) is 11.6 Å². The zero-order valence-corrected chi connectivity index (χ0v) is 16.8. The summed E-state index contributed by atoms with van der Waals surface area (Å²) in [7, 11) is 0. The summed E-state index contributed by atoms with van der Waals surface area (Å²) in [6.07, 6.45) is 4.24. The lowest BCUT2D eigenvalue weighted by Crippen LogP contribution is -2.07. The molecule has 1 aliphatic carbocycles. The number of H-pyrrole nitrogens is 2. The topological polar surface area (TPSA) is 132 Å². The Morgan fingerprint density at radius 3 is 2.81 bits per heavy atom. The smallest absolute Gasteiger partial charge is 0.290 e. The number of nitrogens with zero attached hydrogens (tertiary/aromatic N) is 3. The zero-order chi connectivity index (χ0) is 21.8. The second kappa shape index (κ2) is 8.82. The number of anilines is 3. The summed E-state index contributed by atoms with van der Waals surface area (Å²) in [5.41, 5.74) is 3.60. The Kier molecular flexibility index (Phi) is 5.78. The number of aromatic nitrogens is 5. The predicted molar refractivity (Wildman–Crippen MR) is 115 cm³/mol. The lowest BCUT2D eigenvalue weighted by Gasteiger charge is -2.10. The molecule has 31 heavy (non-hydrogen) atoms. The Balaban J connectivity index is 0.000000730. The van der Waals surface area contributed by atoms with Gasteiger partial charge in [-0.3, -0.25) is 9.89 Å². The second-order valence-electron chi connectivity index (χ2n) is 7.29. The Morgan fingerprint density at radius 1 is 1.23 bits per heavy atom. The number of halogens is 1. The van der Waals surface area contributed by atoms with E-state index in [0.717, 1.165) is 33.7 Å². The van der Waals surface area contributed by atoms with E-state index >= 15 is 0 Å². The molecule has 1 saturated carbocycles. The fourth-order valence-corrected chi connectivity index (χ4v) is 3.37. The molecule has 3 heterocycles. The molecule has 10 heteroatoms. The molecule has 3 aromatic heterocycles. The molecule has 5 rings (SSSR count). The van der Waals surface area contributed by atoms with Crippen LogP contribution in [0.25, 0.3) is 10.9 Å². The van der Waals surface area contributed by atoms with Crippen LogP contribution in [0.5, 0.6) is 0 Å². The first-order chi connectivity index (χ1) is 15.1. The van der Waals surface area contributed by atoms with Gasteiger partial charge in [0, 0.05) is 53.1 Å². The molecule has 5 N–H and O–H groups in total. The molecule has 1 aromatic carbocycles. The second-order valence-corrected chi connectivity index (χ2v) is 7.29. The van der Waals surface area contributed by atoms with Crippen molar-refractivity contribution in [2.45, 2.75) is 32.2 Å². The Labute approximate surface area is 177 Å². The van der Waals surface area contributed by atoms with Crippen LogP contribution >= 0.6 is 0 Å². The summed E-state index contributed by atoms with van der Waals surface area (Å²) in [5.74, 6) is 2.22. The van der Waals surface area contributed by atoms with E-state index < -0.39 is 0 Å². The maximum absolute atomic E-state index is 13.8. The summed E-state index contributed by atoms with van der Waals surface area (Å²) >= 11 is 0. The number of benzene rings is 1. The third kappa shape index (κ3) is 4.97. The van der Waals surface area contributed by atoms with Gasteiger partial charge in [0.25, 0.3) is 6.47 Å². The molecular formula is C21H22FN7O2. The Hall–Kier alpha value is -3.95. The highest BCUT2D eigenvalue weighted by atomic mass is 19.1. The van der Waals surface area contributed by atoms with Gasteiger partial charge < -0.3 is 20.7 Å². The van der Waals surface area contributed by atoms with Crippen LogP contribution in [0.2, 0.25) is 0 Å². The quantitative estimate of drug-likeness (QED) is 0.295. The van der Waals surface area contributed by atoms with Crippen LogP contribution in [0.3, 0.4) is 0 Å². The maximum atomic E-state index is 13.8. The van der Waals surface area contributed by atoms with Crippen molar-refractivity contribution in [3.05, 3.63) is 59.3 Å². The van der Waals surface area contributed by atoms with Gasteiger partial charge in [0.05, 0.1) is 0 Å². The highest BCUT2D eigenvalue weighted by molar-refractivity contribution is 5.83. The van der Waals surface area contributed by atoms with E-state index in [1.807, 2.05) is 25.1 Å². The molecule has 1 aliphatic rings. The minimum Gasteiger partial charge on any atom is -0.483 e. The van der Waals surface area contributed by atoms with Crippen LogP contribution < -0.4 is 10.6 Å². The van der Waals surface area contributed by atoms with Crippen molar-refractivity contribution >= 4 is 35.0 Å². The van der Waals surface area contributed by atoms with Gasteiger partial charge in [-0.25, -0.2) is 9.37 Å². The largest absolute Gasteiger partial charge is 0.483 e. The monoisotopic (exact) mass is 423 g/mol. The number of aryl methyl sites for hydroxylation is 1. The minimum atomic E-state index is -0.274. The first-order valence-electron chi connectivity index (χ1n) is 9.81. The minimum absolute atomic E-state index is 0.250. The lowest BCUT2D eigenvalue weighted by molar-refractivity contribution is -0.122. The number of rotatable bonds is 6. The van der Waals surface area contributed by atoms with Crippen LogP contribution in [-0.2, 0) is 11.3 Å². The van der Waals surface area contributed by atoms with Crippen LogP contribution in [0.15, 0.2) is 36.5 Å². The van der Waals surface area contributed by atoms with E-state index in [0.29, 0.717) is 24.2 Å². The van der Waals surface area contributed by atoms with Crippen LogP contribution in [-0.4, -0.2) is 36.7 Å². The summed E-state index contributed by atoms with van der Waals surface area (Å²) in [4.78, 5) is 20.3. The number of carboxylic acid groups (broad SMARTS) is 1. The van der Waals surface area contributed by atoms with Gasteiger partial charge >= 0.3 is 0 Å². The van der Waals surface area contributed by atoms with Crippen molar-refractivity contribution in [3.63, 3.8) is 0 Å². The van der Waals surface area contributed by atoms with Gasteiger partial charge in [0.2, 0.25) is 5.95 Å². The Bertz CT molecular complexity index is 1200. The van der Waals surface area contributed by atoms with Crippen molar-refractivity contribution in [1.82, 2.24) is 25.1 Å². The summed E-state index contributed by atoms with van der Waals surface area (Å²) in [6, 6.07) is 8.84. The van der Waals surface area contributed by atoms with E-state index in [1.54, 1.807) is 6.20 Å². The number of aromatic amines is 2. The fourth-order valence-electron chi connectivity index (χ4n) is 3.37. The third-order valence-corrected chi connectivity index (χ3v) is 4.88. The molecule has 0 amide bonds. The summed E-state index contributed by atoms with van der Waals surface area (Å²) in [6.45, 7) is 2.08. The first kappa shape index (κ1) is 20.3. The highest BCUT2D eigenvalue weighted by Gasteiger charge is 2.25. The van der Waals surface area contributed by atoms with Crippen LogP contribution in [0.4, 0.5) is 22.0 Å². The Morgan fingerprint density at radius 2 is 2.03 bits per heavy atom. The van der Waals surface area contributed by atoms with Crippen molar-refractivity contribution in [2.24, 2.45) is 0 Å². The van der Waals surface area contributed by atoms with Crippen molar-refractivity contribution < 1.29 is 14.3 Å². The molecule has 0 spiro atoms. The molecule has 9 nitrogen and oxygen atoms in total. The number of nitrogens with one attached hydrogen (secondary N) is 4. The van der Waals surface area contributed by atoms with E-state index in [9.17, 15) is 4.39 Å². The van der Waals surface area contributed by atoms with Crippen molar-refractivity contribution in [1.29, 1.82) is 0 Å². The van der Waals surface area contributed by atoms with E-state index in [4.69, 9.17) is 9.90 Å². The molecule has 0 unspecified atom stereocenters. The molecule has 4 aromatic rings. The van der Waals surface area contributed by atoms with Gasteiger partial charge in [-0.1, -0.05) is 0 Å². The van der Waals surface area contributed by atoms with Crippen molar-refractivity contribution in [3.8, 4) is 0 Å². The molecule has 0 saturated heterocycles. The highest BCUT2D eigenvalue weighted by Crippen LogP contribution is 2.39. The lowest BCUT2D eigenvalue weighted by atomic mass is 10.1. The van der Waals surface area contributed by atoms with Gasteiger partial charge in [-0.2, -0.15) is 10.1 Å². The average Bonchev–Trinajstić information content (AvgIpc) is 3.28. The number of hydrogen-bond acceptors (Lipinski definition) is 6. The van der Waals surface area contributed by atoms with Gasteiger partial charge in [-0.05, 0) is 43.5 Å². The zero-order valence-electron chi connectivity index (χ0n) is 16.8. The maximum Gasteiger partial charge on any atom is 0.290 e. The number of hydrogen-bond donors (Lipinski definition) is 5. The standard InChI is InChI=1S/C20H20FN7.CH2O2/c1-11-6-18(25-19-9-16(27-28-19)12-2-3-12)26-20(24-11)23-10-13-7-14(21)8-17-15(13)4-5-22-17;2-1-3/h4-9,12,22H,2-3,10H2,1H3,(H3,23,24,25,26,27,28);1H,(H,2,3). The molecular weight excluding hydrogens is 401 g/mol. The van der Waals surface area contributed by atoms with Gasteiger partial charge in [-0.15, -0.1) is 0 Å². The van der Waals surface area contributed by atoms with E-state index in [1.165, 1.54) is 25.0 Å². The normalized spacial score (nSPS) is 12.8. The third-order valence-electron chi connectivity index (χ3n) is 4.88.